The lowest BCUT2D eigenvalue weighted by Gasteiger charge is -2.17. The van der Waals surface area contributed by atoms with Crippen LogP contribution in [0.2, 0.25) is 0 Å². The number of rotatable bonds is 1. The molecule has 1 aliphatic rings. The van der Waals surface area contributed by atoms with E-state index in [9.17, 15) is 4.79 Å². The van der Waals surface area contributed by atoms with Crippen LogP contribution >= 0.6 is 0 Å². The number of hydrogen-bond acceptors (Lipinski definition) is 3. The van der Waals surface area contributed by atoms with Crippen molar-refractivity contribution in [3.05, 3.63) is 18.2 Å². The summed E-state index contributed by atoms with van der Waals surface area (Å²) in [7, 11) is 1.58. The van der Waals surface area contributed by atoms with Gasteiger partial charge in [0.25, 0.3) is 5.91 Å². The van der Waals surface area contributed by atoms with Gasteiger partial charge >= 0.3 is 0 Å². The van der Waals surface area contributed by atoms with Crippen LogP contribution in [-0.2, 0) is 4.79 Å². The maximum Gasteiger partial charge on any atom is 0.262 e. The lowest BCUT2D eigenvalue weighted by Crippen LogP contribution is -2.25. The minimum atomic E-state index is -0.138. The van der Waals surface area contributed by atoms with Crippen molar-refractivity contribution in [3.8, 4) is 11.5 Å². The summed E-state index contributed by atoms with van der Waals surface area (Å²) in [6.07, 6.45) is 0. The zero-order valence-electron chi connectivity index (χ0n) is 7.16. The van der Waals surface area contributed by atoms with Crippen LogP contribution in [0.1, 0.15) is 0 Å². The van der Waals surface area contributed by atoms with Gasteiger partial charge in [-0.3, -0.25) is 4.79 Å². The van der Waals surface area contributed by atoms with Crippen molar-refractivity contribution in [2.24, 2.45) is 0 Å². The van der Waals surface area contributed by atoms with Gasteiger partial charge in [0, 0.05) is 6.07 Å². The van der Waals surface area contributed by atoms with Gasteiger partial charge in [-0.15, -0.1) is 0 Å². The van der Waals surface area contributed by atoms with Crippen molar-refractivity contribution in [3.63, 3.8) is 0 Å². The molecule has 13 heavy (non-hydrogen) atoms. The first-order valence-corrected chi connectivity index (χ1v) is 3.90. The van der Waals surface area contributed by atoms with E-state index in [4.69, 9.17) is 9.47 Å². The molecule has 0 saturated heterocycles. The maximum atomic E-state index is 10.9. The molecule has 1 aromatic carbocycles. The fourth-order valence-electron chi connectivity index (χ4n) is 1.19. The highest BCUT2D eigenvalue weighted by Gasteiger charge is 2.15. The van der Waals surface area contributed by atoms with Crippen molar-refractivity contribution in [1.82, 2.24) is 0 Å². The molecule has 0 spiro atoms. The van der Waals surface area contributed by atoms with Crippen LogP contribution < -0.4 is 14.8 Å². The number of amides is 1. The number of ether oxygens (including phenoxy) is 2. The molecule has 1 heterocycles. The van der Waals surface area contributed by atoms with Crippen molar-refractivity contribution in [2.45, 2.75) is 0 Å². The van der Waals surface area contributed by atoms with Crippen LogP contribution in [-0.4, -0.2) is 19.6 Å². The van der Waals surface area contributed by atoms with Crippen molar-refractivity contribution >= 4 is 11.6 Å². The Morgan fingerprint density at radius 1 is 1.54 bits per heavy atom. The standard InChI is InChI=1S/C9H9NO3/c1-12-6-2-3-8-7(4-6)10-9(11)5-13-8/h2-4H,5H2,1H3,(H,10,11). The molecule has 2 rings (SSSR count). The largest absolute Gasteiger partial charge is 0.497 e. The molecule has 4 nitrogen and oxygen atoms in total. The Labute approximate surface area is 75.5 Å². The number of benzene rings is 1. The minimum absolute atomic E-state index is 0.0827. The zero-order chi connectivity index (χ0) is 9.26. The number of methoxy groups -OCH3 is 1. The van der Waals surface area contributed by atoms with Gasteiger partial charge in [0.05, 0.1) is 12.8 Å². The summed E-state index contributed by atoms with van der Waals surface area (Å²) in [6.45, 7) is 0.0827. The highest BCUT2D eigenvalue weighted by molar-refractivity contribution is 5.95. The topological polar surface area (TPSA) is 47.6 Å². The second kappa shape index (κ2) is 2.97. The summed E-state index contributed by atoms with van der Waals surface area (Å²) in [5.74, 6) is 1.24. The number of fused-ring (bicyclic) bond motifs is 1. The Bertz CT molecular complexity index is 349. The predicted molar refractivity (Wildman–Crippen MR) is 47.1 cm³/mol. The molecule has 0 saturated carbocycles. The van der Waals surface area contributed by atoms with E-state index in [1.807, 2.05) is 0 Å². The number of carbonyl (C=O) groups excluding carboxylic acids is 1. The van der Waals surface area contributed by atoms with Gasteiger partial charge in [-0.25, -0.2) is 0 Å². The quantitative estimate of drug-likeness (QED) is 0.700. The third kappa shape index (κ3) is 1.42. The summed E-state index contributed by atoms with van der Waals surface area (Å²) in [6, 6.07) is 5.29. The van der Waals surface area contributed by atoms with Gasteiger partial charge in [-0.2, -0.15) is 0 Å². The third-order valence-corrected chi connectivity index (χ3v) is 1.82. The van der Waals surface area contributed by atoms with Crippen molar-refractivity contribution < 1.29 is 14.3 Å². The Morgan fingerprint density at radius 3 is 3.15 bits per heavy atom. The Morgan fingerprint density at radius 2 is 2.38 bits per heavy atom. The van der Waals surface area contributed by atoms with E-state index in [2.05, 4.69) is 5.32 Å². The van der Waals surface area contributed by atoms with Crippen LogP contribution in [0.3, 0.4) is 0 Å². The van der Waals surface area contributed by atoms with E-state index >= 15 is 0 Å². The number of anilines is 1. The molecule has 1 aliphatic heterocycles. The van der Waals surface area contributed by atoms with Crippen LogP contribution in [0, 0.1) is 0 Å². The molecule has 0 radical (unpaired) electrons. The number of hydrogen-bond donors (Lipinski definition) is 1. The molecular formula is C9H9NO3. The predicted octanol–water partition coefficient (Wildman–Crippen LogP) is 1.03. The maximum absolute atomic E-state index is 10.9. The van der Waals surface area contributed by atoms with E-state index in [0.717, 1.165) is 0 Å². The molecule has 4 heteroatoms. The van der Waals surface area contributed by atoms with Gasteiger partial charge in [0.2, 0.25) is 0 Å². The van der Waals surface area contributed by atoms with Crippen molar-refractivity contribution in [2.75, 3.05) is 19.0 Å². The highest BCUT2D eigenvalue weighted by Crippen LogP contribution is 2.30. The molecule has 0 unspecified atom stereocenters. The molecule has 0 bridgehead atoms. The fourth-order valence-corrected chi connectivity index (χ4v) is 1.19. The average Bonchev–Trinajstić information content (AvgIpc) is 2.16. The average molecular weight is 179 g/mol. The van der Waals surface area contributed by atoms with Gasteiger partial charge in [0.1, 0.15) is 11.5 Å². The Hall–Kier alpha value is -1.71. The third-order valence-electron chi connectivity index (χ3n) is 1.82. The molecule has 0 fully saturated rings. The summed E-state index contributed by atoms with van der Waals surface area (Å²) in [5.41, 5.74) is 0.663. The molecule has 0 atom stereocenters. The summed E-state index contributed by atoms with van der Waals surface area (Å²) >= 11 is 0. The monoisotopic (exact) mass is 179 g/mol. The first-order valence-electron chi connectivity index (χ1n) is 3.90. The van der Waals surface area contributed by atoms with Crippen LogP contribution in [0.25, 0.3) is 0 Å². The van der Waals surface area contributed by atoms with E-state index in [0.29, 0.717) is 17.2 Å². The molecule has 1 N–H and O–H groups in total. The number of nitrogens with one attached hydrogen (secondary N) is 1. The lowest BCUT2D eigenvalue weighted by atomic mass is 10.2. The smallest absolute Gasteiger partial charge is 0.262 e. The number of carbonyl (C=O) groups is 1. The van der Waals surface area contributed by atoms with Gasteiger partial charge in [-0.1, -0.05) is 0 Å². The Kier molecular flexibility index (Phi) is 1.81. The summed E-state index contributed by atoms with van der Waals surface area (Å²) in [4.78, 5) is 10.9. The zero-order valence-corrected chi connectivity index (χ0v) is 7.16. The molecule has 0 aromatic heterocycles. The first kappa shape index (κ1) is 7.91. The summed E-state index contributed by atoms with van der Waals surface area (Å²) in [5, 5.41) is 2.69. The van der Waals surface area contributed by atoms with Gasteiger partial charge in [0.15, 0.2) is 6.61 Å². The fraction of sp³-hybridized carbons (Fsp3) is 0.222. The van der Waals surface area contributed by atoms with Crippen LogP contribution in [0.15, 0.2) is 18.2 Å². The van der Waals surface area contributed by atoms with Crippen LogP contribution in [0.5, 0.6) is 11.5 Å². The molecular weight excluding hydrogens is 170 g/mol. The van der Waals surface area contributed by atoms with E-state index < -0.39 is 0 Å². The Balaban J connectivity index is 2.38. The van der Waals surface area contributed by atoms with Crippen LogP contribution in [0.4, 0.5) is 5.69 Å². The SMILES string of the molecule is COc1ccc2c(c1)NC(=O)CO2. The second-order valence-electron chi connectivity index (χ2n) is 2.70. The minimum Gasteiger partial charge on any atom is -0.497 e. The lowest BCUT2D eigenvalue weighted by molar-refractivity contribution is -0.118. The van der Waals surface area contributed by atoms with E-state index in [-0.39, 0.29) is 12.5 Å². The molecule has 68 valence electrons. The van der Waals surface area contributed by atoms with Crippen molar-refractivity contribution in [1.29, 1.82) is 0 Å². The van der Waals surface area contributed by atoms with E-state index in [1.54, 1.807) is 25.3 Å². The molecule has 0 aliphatic carbocycles. The first-order chi connectivity index (χ1) is 6.29. The van der Waals surface area contributed by atoms with Gasteiger partial charge in [-0.05, 0) is 12.1 Å². The van der Waals surface area contributed by atoms with E-state index in [1.165, 1.54) is 0 Å². The normalized spacial score (nSPS) is 14.1. The molecule has 1 aromatic rings. The highest BCUT2D eigenvalue weighted by atomic mass is 16.5. The second-order valence-corrected chi connectivity index (χ2v) is 2.70. The summed E-state index contributed by atoms with van der Waals surface area (Å²) < 4.78 is 10.2. The molecule has 1 amide bonds. The van der Waals surface area contributed by atoms with Gasteiger partial charge < -0.3 is 14.8 Å².